The second kappa shape index (κ2) is 9.37. The molecule has 4 heteroatoms. The van der Waals surface area contributed by atoms with Crippen LogP contribution in [0, 0.1) is 6.92 Å². The summed E-state index contributed by atoms with van der Waals surface area (Å²) in [6, 6.07) is 8.38. The van der Waals surface area contributed by atoms with Crippen LogP contribution in [0.1, 0.15) is 25.0 Å². The van der Waals surface area contributed by atoms with Crippen LogP contribution in [-0.4, -0.2) is 44.1 Å². The van der Waals surface area contributed by atoms with Crippen molar-refractivity contribution in [3.63, 3.8) is 0 Å². The summed E-state index contributed by atoms with van der Waals surface area (Å²) in [6.45, 7) is 11.0. The molecule has 0 saturated carbocycles. The molecular weight excluding hydrogens is 248 g/mol. The highest BCUT2D eigenvalue weighted by atomic mass is 15.2. The predicted octanol–water partition coefficient (Wildman–Crippen LogP) is 2.00. The van der Waals surface area contributed by atoms with E-state index in [1.54, 1.807) is 0 Å². The van der Waals surface area contributed by atoms with E-state index in [1.807, 2.05) is 0 Å². The van der Waals surface area contributed by atoms with Crippen molar-refractivity contribution in [2.24, 2.45) is 4.99 Å². The van der Waals surface area contributed by atoms with E-state index in [-0.39, 0.29) is 0 Å². The lowest BCUT2D eigenvalue weighted by Crippen LogP contribution is -2.40. The van der Waals surface area contributed by atoms with Gasteiger partial charge in [0.15, 0.2) is 5.96 Å². The summed E-state index contributed by atoms with van der Waals surface area (Å²) in [7, 11) is 2.12. The maximum Gasteiger partial charge on any atom is 0.191 e. The van der Waals surface area contributed by atoms with Gasteiger partial charge < -0.3 is 15.5 Å². The first-order valence-corrected chi connectivity index (χ1v) is 7.42. The number of aryl methyl sites for hydroxylation is 1. The number of guanidine groups is 1. The highest BCUT2D eigenvalue weighted by Gasteiger charge is 2.00. The second-order valence-electron chi connectivity index (χ2n) is 4.94. The molecule has 0 spiro atoms. The Bertz CT molecular complexity index is 415. The average Bonchev–Trinajstić information content (AvgIpc) is 2.46. The predicted molar refractivity (Wildman–Crippen MR) is 87.2 cm³/mol. The molecule has 0 heterocycles. The van der Waals surface area contributed by atoms with Crippen molar-refractivity contribution in [1.29, 1.82) is 0 Å². The van der Waals surface area contributed by atoms with Gasteiger partial charge in [-0.3, -0.25) is 0 Å². The van der Waals surface area contributed by atoms with Gasteiger partial charge in [0.05, 0.1) is 6.54 Å². The summed E-state index contributed by atoms with van der Waals surface area (Å²) in [5.74, 6) is 0.889. The molecule has 0 aliphatic carbocycles. The molecule has 0 fully saturated rings. The zero-order valence-corrected chi connectivity index (χ0v) is 13.2. The monoisotopic (exact) mass is 276 g/mol. The molecule has 0 bridgehead atoms. The SMILES string of the molecule is CCNC(=NCc1ccccc1C)NCCN(C)CC. The van der Waals surface area contributed by atoms with Gasteiger partial charge in [-0.25, -0.2) is 4.99 Å². The molecule has 0 radical (unpaired) electrons. The average molecular weight is 276 g/mol. The van der Waals surface area contributed by atoms with Gasteiger partial charge in [0.2, 0.25) is 0 Å². The minimum Gasteiger partial charge on any atom is -0.357 e. The lowest BCUT2D eigenvalue weighted by molar-refractivity contribution is 0.357. The van der Waals surface area contributed by atoms with Crippen LogP contribution in [-0.2, 0) is 6.54 Å². The number of nitrogens with zero attached hydrogens (tertiary/aromatic N) is 2. The van der Waals surface area contributed by atoms with Crippen molar-refractivity contribution in [2.75, 3.05) is 33.2 Å². The Morgan fingerprint density at radius 2 is 1.95 bits per heavy atom. The molecule has 1 rings (SSSR count). The number of hydrogen-bond donors (Lipinski definition) is 2. The van der Waals surface area contributed by atoms with Gasteiger partial charge in [0, 0.05) is 19.6 Å². The maximum absolute atomic E-state index is 4.64. The molecule has 112 valence electrons. The van der Waals surface area contributed by atoms with Gasteiger partial charge >= 0.3 is 0 Å². The summed E-state index contributed by atoms with van der Waals surface area (Å²) >= 11 is 0. The van der Waals surface area contributed by atoms with E-state index >= 15 is 0 Å². The van der Waals surface area contributed by atoms with E-state index in [0.29, 0.717) is 6.54 Å². The number of aliphatic imine (C=N–C) groups is 1. The van der Waals surface area contributed by atoms with Crippen LogP contribution < -0.4 is 10.6 Å². The summed E-state index contributed by atoms with van der Waals surface area (Å²) < 4.78 is 0. The lowest BCUT2D eigenvalue weighted by atomic mass is 10.1. The van der Waals surface area contributed by atoms with Crippen molar-refractivity contribution >= 4 is 5.96 Å². The molecule has 0 unspecified atom stereocenters. The fourth-order valence-corrected chi connectivity index (χ4v) is 1.82. The Labute approximate surface area is 123 Å². The quantitative estimate of drug-likeness (QED) is 0.591. The van der Waals surface area contributed by atoms with Crippen molar-refractivity contribution in [3.05, 3.63) is 35.4 Å². The summed E-state index contributed by atoms with van der Waals surface area (Å²) in [5, 5.41) is 6.66. The van der Waals surface area contributed by atoms with E-state index in [0.717, 1.165) is 32.1 Å². The van der Waals surface area contributed by atoms with Gasteiger partial charge in [0.1, 0.15) is 0 Å². The van der Waals surface area contributed by atoms with Crippen LogP contribution in [0.5, 0.6) is 0 Å². The molecule has 4 nitrogen and oxygen atoms in total. The normalized spacial score (nSPS) is 11.8. The first-order chi connectivity index (χ1) is 9.67. The Balaban J connectivity index is 2.52. The smallest absolute Gasteiger partial charge is 0.191 e. The molecule has 0 saturated heterocycles. The summed E-state index contributed by atoms with van der Waals surface area (Å²) in [5.41, 5.74) is 2.56. The van der Waals surface area contributed by atoms with Crippen molar-refractivity contribution in [1.82, 2.24) is 15.5 Å². The third-order valence-corrected chi connectivity index (χ3v) is 3.34. The molecule has 0 aromatic heterocycles. The third-order valence-electron chi connectivity index (χ3n) is 3.34. The number of hydrogen-bond acceptors (Lipinski definition) is 2. The zero-order chi connectivity index (χ0) is 14.8. The Morgan fingerprint density at radius 3 is 2.60 bits per heavy atom. The van der Waals surface area contributed by atoms with Crippen LogP contribution in [0.2, 0.25) is 0 Å². The number of benzene rings is 1. The molecule has 1 aromatic rings. The Kier molecular flexibility index (Phi) is 7.73. The largest absolute Gasteiger partial charge is 0.357 e. The fraction of sp³-hybridized carbons (Fsp3) is 0.562. The van der Waals surface area contributed by atoms with E-state index in [4.69, 9.17) is 0 Å². The third kappa shape index (κ3) is 6.06. The number of rotatable bonds is 7. The van der Waals surface area contributed by atoms with Crippen molar-refractivity contribution in [2.45, 2.75) is 27.3 Å². The molecule has 1 aromatic carbocycles. The molecule has 2 N–H and O–H groups in total. The molecule has 0 aliphatic rings. The van der Waals surface area contributed by atoms with E-state index in [9.17, 15) is 0 Å². The topological polar surface area (TPSA) is 39.7 Å². The first-order valence-electron chi connectivity index (χ1n) is 7.42. The summed E-state index contributed by atoms with van der Waals surface area (Å²) in [6.07, 6.45) is 0. The number of nitrogens with one attached hydrogen (secondary N) is 2. The number of likely N-dealkylation sites (N-methyl/N-ethyl adjacent to an activating group) is 1. The molecule has 20 heavy (non-hydrogen) atoms. The highest BCUT2D eigenvalue weighted by molar-refractivity contribution is 5.79. The Hall–Kier alpha value is -1.55. The van der Waals surface area contributed by atoms with Crippen LogP contribution in [0.25, 0.3) is 0 Å². The molecule has 0 aliphatic heterocycles. The van der Waals surface area contributed by atoms with Crippen LogP contribution in [0.15, 0.2) is 29.3 Å². The van der Waals surface area contributed by atoms with Gasteiger partial charge in [-0.05, 0) is 38.6 Å². The van der Waals surface area contributed by atoms with Crippen molar-refractivity contribution in [3.8, 4) is 0 Å². The molecular formula is C16H28N4. The van der Waals surface area contributed by atoms with Crippen LogP contribution >= 0.6 is 0 Å². The van der Waals surface area contributed by atoms with Crippen LogP contribution in [0.4, 0.5) is 0 Å². The van der Waals surface area contributed by atoms with E-state index < -0.39 is 0 Å². The molecule has 0 atom stereocenters. The maximum atomic E-state index is 4.64. The van der Waals surface area contributed by atoms with E-state index in [2.05, 4.69) is 72.6 Å². The fourth-order valence-electron chi connectivity index (χ4n) is 1.82. The van der Waals surface area contributed by atoms with Gasteiger partial charge in [-0.1, -0.05) is 31.2 Å². The summed E-state index contributed by atoms with van der Waals surface area (Å²) in [4.78, 5) is 6.92. The highest BCUT2D eigenvalue weighted by Crippen LogP contribution is 2.07. The minimum absolute atomic E-state index is 0.714. The van der Waals surface area contributed by atoms with Crippen molar-refractivity contribution < 1.29 is 0 Å². The van der Waals surface area contributed by atoms with Gasteiger partial charge in [-0.2, -0.15) is 0 Å². The minimum atomic E-state index is 0.714. The van der Waals surface area contributed by atoms with E-state index in [1.165, 1.54) is 11.1 Å². The standard InChI is InChI=1S/C16H28N4/c1-5-17-16(18-11-12-20(4)6-2)19-13-15-10-8-7-9-14(15)3/h7-10H,5-6,11-13H2,1-4H3,(H2,17,18,19). The zero-order valence-electron chi connectivity index (χ0n) is 13.2. The first kappa shape index (κ1) is 16.5. The van der Waals surface area contributed by atoms with Gasteiger partial charge in [0.25, 0.3) is 0 Å². The molecule has 0 amide bonds. The second-order valence-corrected chi connectivity index (χ2v) is 4.94. The lowest BCUT2D eigenvalue weighted by Gasteiger charge is -2.16. The van der Waals surface area contributed by atoms with Gasteiger partial charge in [-0.15, -0.1) is 0 Å². The van der Waals surface area contributed by atoms with Crippen LogP contribution in [0.3, 0.4) is 0 Å². The Morgan fingerprint density at radius 1 is 1.20 bits per heavy atom.